The van der Waals surface area contributed by atoms with E-state index in [-0.39, 0.29) is 12.6 Å². The molecule has 0 spiro atoms. The first kappa shape index (κ1) is 14.8. The minimum absolute atomic E-state index is 0.181. The molecular weight excluding hydrogens is 292 g/mol. The smallest absolute Gasteiger partial charge is 0.315 e. The van der Waals surface area contributed by atoms with Crippen LogP contribution in [0.25, 0.3) is 11.5 Å². The van der Waals surface area contributed by atoms with Crippen molar-refractivity contribution in [1.82, 2.24) is 20.8 Å². The van der Waals surface area contributed by atoms with Crippen LogP contribution in [-0.4, -0.2) is 16.2 Å². The number of hydrogen-bond donors (Lipinski definition) is 2. The Morgan fingerprint density at radius 2 is 1.52 bits per heavy atom. The van der Waals surface area contributed by atoms with Crippen LogP contribution >= 0.6 is 0 Å². The highest BCUT2D eigenvalue weighted by Gasteiger charge is 2.09. The van der Waals surface area contributed by atoms with E-state index in [1.54, 1.807) is 0 Å². The molecule has 0 aliphatic carbocycles. The summed E-state index contributed by atoms with van der Waals surface area (Å²) >= 11 is 0. The molecule has 0 saturated carbocycles. The van der Waals surface area contributed by atoms with Crippen molar-refractivity contribution < 1.29 is 9.21 Å². The van der Waals surface area contributed by atoms with Crippen LogP contribution in [0, 0.1) is 0 Å². The van der Waals surface area contributed by atoms with Gasteiger partial charge < -0.3 is 15.1 Å². The average molecular weight is 308 g/mol. The van der Waals surface area contributed by atoms with Crippen LogP contribution in [0.2, 0.25) is 0 Å². The molecule has 3 aromatic rings. The summed E-state index contributed by atoms with van der Waals surface area (Å²) in [5, 5.41) is 13.3. The van der Waals surface area contributed by atoms with Gasteiger partial charge in [-0.2, -0.15) is 0 Å². The topological polar surface area (TPSA) is 80.0 Å². The van der Waals surface area contributed by atoms with E-state index in [0.717, 1.165) is 11.1 Å². The first-order valence-electron chi connectivity index (χ1n) is 7.25. The number of rotatable bonds is 5. The van der Waals surface area contributed by atoms with Crippen LogP contribution < -0.4 is 10.6 Å². The Bertz CT molecular complexity index is 757. The lowest BCUT2D eigenvalue weighted by Gasteiger charge is -2.05. The number of carbonyl (C=O) groups excluding carboxylic acids is 1. The number of aromatic nitrogens is 2. The maximum atomic E-state index is 11.8. The molecule has 0 saturated heterocycles. The lowest BCUT2D eigenvalue weighted by Crippen LogP contribution is -2.34. The van der Waals surface area contributed by atoms with Crippen molar-refractivity contribution in [2.24, 2.45) is 0 Å². The second kappa shape index (κ2) is 7.22. The Balaban J connectivity index is 1.49. The van der Waals surface area contributed by atoms with Gasteiger partial charge in [0.2, 0.25) is 11.8 Å². The zero-order valence-electron chi connectivity index (χ0n) is 12.4. The van der Waals surface area contributed by atoms with Gasteiger partial charge >= 0.3 is 6.03 Å². The molecule has 0 fully saturated rings. The standard InChI is InChI=1S/C17H16N4O2/c22-17(18-11-13-7-3-1-4-8-13)19-12-15-20-21-16(23-15)14-9-5-2-6-10-14/h1-10H,11-12H2,(H2,18,19,22). The largest absolute Gasteiger partial charge is 0.419 e. The van der Waals surface area contributed by atoms with Crippen molar-refractivity contribution in [2.45, 2.75) is 13.1 Å². The van der Waals surface area contributed by atoms with Gasteiger partial charge in [-0.15, -0.1) is 10.2 Å². The molecule has 2 N–H and O–H groups in total. The molecule has 2 aromatic carbocycles. The van der Waals surface area contributed by atoms with Gasteiger partial charge in [0, 0.05) is 12.1 Å². The quantitative estimate of drug-likeness (QED) is 0.759. The third-order valence-electron chi connectivity index (χ3n) is 3.18. The first-order valence-corrected chi connectivity index (χ1v) is 7.25. The van der Waals surface area contributed by atoms with Crippen LogP contribution in [0.4, 0.5) is 4.79 Å². The van der Waals surface area contributed by atoms with Gasteiger partial charge in [-0.25, -0.2) is 4.79 Å². The molecule has 116 valence electrons. The van der Waals surface area contributed by atoms with Gasteiger partial charge in [0.15, 0.2) is 0 Å². The predicted molar refractivity (Wildman–Crippen MR) is 85.3 cm³/mol. The predicted octanol–water partition coefficient (Wildman–Crippen LogP) is 2.74. The Morgan fingerprint density at radius 1 is 0.870 bits per heavy atom. The Labute approximate surface area is 133 Å². The molecule has 6 heteroatoms. The maximum Gasteiger partial charge on any atom is 0.315 e. The summed E-state index contributed by atoms with van der Waals surface area (Å²) in [5.41, 5.74) is 1.88. The van der Waals surface area contributed by atoms with Gasteiger partial charge in [0.25, 0.3) is 0 Å². The zero-order chi connectivity index (χ0) is 15.9. The van der Waals surface area contributed by atoms with Gasteiger partial charge in [-0.3, -0.25) is 0 Å². The molecule has 6 nitrogen and oxygen atoms in total. The molecule has 0 aliphatic heterocycles. The molecule has 0 unspecified atom stereocenters. The molecule has 1 aromatic heterocycles. The Kier molecular flexibility index (Phi) is 4.63. The van der Waals surface area contributed by atoms with Gasteiger partial charge in [0.1, 0.15) is 0 Å². The molecule has 2 amide bonds. The Hall–Kier alpha value is -3.15. The van der Waals surface area contributed by atoms with Gasteiger partial charge in [-0.1, -0.05) is 48.5 Å². The average Bonchev–Trinajstić information content (AvgIpc) is 3.09. The Morgan fingerprint density at radius 3 is 2.26 bits per heavy atom. The second-order valence-electron chi connectivity index (χ2n) is 4.89. The molecule has 0 aliphatic rings. The van der Waals surface area contributed by atoms with E-state index in [9.17, 15) is 4.79 Å². The molecule has 1 heterocycles. The summed E-state index contributed by atoms with van der Waals surface area (Å²) in [4.78, 5) is 11.8. The van der Waals surface area contributed by atoms with Crippen molar-refractivity contribution >= 4 is 6.03 Å². The lowest BCUT2D eigenvalue weighted by molar-refractivity contribution is 0.239. The fourth-order valence-electron chi connectivity index (χ4n) is 2.02. The summed E-state index contributed by atoms with van der Waals surface area (Å²) in [6.45, 7) is 0.645. The van der Waals surface area contributed by atoms with E-state index >= 15 is 0 Å². The fraction of sp³-hybridized carbons (Fsp3) is 0.118. The molecule has 0 radical (unpaired) electrons. The molecule has 0 bridgehead atoms. The minimum Gasteiger partial charge on any atom is -0.419 e. The number of hydrogen-bond acceptors (Lipinski definition) is 4. The highest BCUT2D eigenvalue weighted by molar-refractivity contribution is 5.73. The SMILES string of the molecule is O=C(NCc1ccccc1)NCc1nnc(-c2ccccc2)o1. The molecular formula is C17H16N4O2. The normalized spacial score (nSPS) is 10.3. The van der Waals surface area contributed by atoms with E-state index in [0.29, 0.717) is 18.3 Å². The van der Waals surface area contributed by atoms with Crippen LogP contribution in [0.1, 0.15) is 11.5 Å². The number of urea groups is 1. The minimum atomic E-state index is -0.284. The fourth-order valence-corrected chi connectivity index (χ4v) is 2.02. The monoisotopic (exact) mass is 308 g/mol. The number of benzene rings is 2. The van der Waals surface area contributed by atoms with Crippen LogP contribution in [-0.2, 0) is 13.1 Å². The summed E-state index contributed by atoms with van der Waals surface area (Å²) in [7, 11) is 0. The van der Waals surface area contributed by atoms with E-state index in [1.807, 2.05) is 60.7 Å². The number of amides is 2. The summed E-state index contributed by atoms with van der Waals surface area (Å²) in [6.07, 6.45) is 0. The highest BCUT2D eigenvalue weighted by atomic mass is 16.4. The van der Waals surface area contributed by atoms with Crippen LogP contribution in [0.3, 0.4) is 0 Å². The summed E-state index contributed by atoms with van der Waals surface area (Å²) < 4.78 is 5.52. The number of carbonyl (C=O) groups is 1. The van der Waals surface area contributed by atoms with Gasteiger partial charge in [-0.05, 0) is 17.7 Å². The van der Waals surface area contributed by atoms with Gasteiger partial charge in [0.05, 0.1) is 6.54 Å². The molecule has 23 heavy (non-hydrogen) atoms. The van der Waals surface area contributed by atoms with Crippen molar-refractivity contribution in [3.8, 4) is 11.5 Å². The van der Waals surface area contributed by atoms with Crippen LogP contribution in [0.15, 0.2) is 65.1 Å². The zero-order valence-corrected chi connectivity index (χ0v) is 12.4. The molecule has 3 rings (SSSR count). The van der Waals surface area contributed by atoms with Crippen molar-refractivity contribution in [3.05, 3.63) is 72.1 Å². The van der Waals surface area contributed by atoms with Crippen molar-refractivity contribution in [2.75, 3.05) is 0 Å². The first-order chi connectivity index (χ1) is 11.3. The van der Waals surface area contributed by atoms with E-state index in [1.165, 1.54) is 0 Å². The number of nitrogens with zero attached hydrogens (tertiary/aromatic N) is 2. The maximum absolute atomic E-state index is 11.8. The van der Waals surface area contributed by atoms with Crippen molar-refractivity contribution in [3.63, 3.8) is 0 Å². The molecule has 0 atom stereocenters. The summed E-state index contributed by atoms with van der Waals surface area (Å²) in [6, 6.07) is 18.9. The number of nitrogens with one attached hydrogen (secondary N) is 2. The lowest BCUT2D eigenvalue weighted by atomic mass is 10.2. The third-order valence-corrected chi connectivity index (χ3v) is 3.18. The van der Waals surface area contributed by atoms with E-state index in [4.69, 9.17) is 4.42 Å². The van der Waals surface area contributed by atoms with Crippen molar-refractivity contribution in [1.29, 1.82) is 0 Å². The second-order valence-corrected chi connectivity index (χ2v) is 4.89. The third kappa shape index (κ3) is 4.16. The van der Waals surface area contributed by atoms with E-state index < -0.39 is 0 Å². The van der Waals surface area contributed by atoms with E-state index in [2.05, 4.69) is 20.8 Å². The highest BCUT2D eigenvalue weighted by Crippen LogP contribution is 2.16. The van der Waals surface area contributed by atoms with Crippen LogP contribution in [0.5, 0.6) is 0 Å². The summed E-state index contributed by atoms with van der Waals surface area (Å²) in [5.74, 6) is 0.797.